The van der Waals surface area contributed by atoms with Crippen LogP contribution in [0.3, 0.4) is 0 Å². The number of hydrogen-bond donors (Lipinski definition) is 0. The van der Waals surface area contributed by atoms with Crippen LogP contribution in [0.5, 0.6) is 0 Å². The Kier molecular flexibility index (Phi) is 30.7. The molecule has 5 fully saturated rings. The van der Waals surface area contributed by atoms with E-state index in [0.29, 0.717) is 31.2 Å². The number of unbranched alkanes of at least 4 members (excludes halogenated alkanes) is 1. The summed E-state index contributed by atoms with van der Waals surface area (Å²) in [6, 6.07) is 80.0. The van der Waals surface area contributed by atoms with E-state index in [2.05, 4.69) is 6.58 Å². The van der Waals surface area contributed by atoms with Gasteiger partial charge >= 0.3 is 29.8 Å². The van der Waals surface area contributed by atoms with Crippen molar-refractivity contribution in [3.63, 3.8) is 0 Å². The Morgan fingerprint density at radius 2 is 0.504 bits per heavy atom. The van der Waals surface area contributed by atoms with E-state index in [9.17, 15) is 24.0 Å². The molecular weight excluding hydrogens is 1530 g/mol. The third-order valence-electron chi connectivity index (χ3n) is 20.9. The molecule has 24 heteroatoms. The summed E-state index contributed by atoms with van der Waals surface area (Å²) < 4.78 is 128. The zero-order valence-corrected chi connectivity index (χ0v) is 66.1. The molecule has 119 heavy (non-hydrogen) atoms. The molecule has 0 saturated carbocycles. The SMILES string of the molecule is C=CCCCOC1OC(COC2OC(COC3OC(CC)C(OCc4ccccc4)C3OC(=O)c3ccccc3)C(OCc3ccccc3)C2OC(=O)c2ccccc2)C(OC2OC(COC3OC(CC)C(OCc4ccccc4)C3OC(=O)c3ccccc3)C(OCc3ccccc3)C2OC(=O)c2ccccc2)C1OC(=O)c1ccccc1. The molecule has 0 N–H and O–H groups in total. The molecule has 0 aliphatic carbocycles. The number of carbonyl (C=O) groups is 5. The van der Waals surface area contributed by atoms with Crippen LogP contribution in [0.25, 0.3) is 0 Å². The van der Waals surface area contributed by atoms with Crippen LogP contribution < -0.4 is 0 Å². The maximum Gasteiger partial charge on any atom is 0.338 e. The maximum atomic E-state index is 14.9. The highest BCUT2D eigenvalue weighted by Gasteiger charge is 2.59. The third kappa shape index (κ3) is 22.5. The number of benzene rings is 9. The molecule has 5 aliphatic heterocycles. The number of ether oxygens (including phenoxy) is 19. The Bertz CT molecular complexity index is 4600. The quantitative estimate of drug-likeness (QED) is 0.0149. The molecule has 20 unspecified atom stereocenters. The van der Waals surface area contributed by atoms with Gasteiger partial charge in [-0.15, -0.1) is 6.58 Å². The molecule has 9 aromatic rings. The molecule has 0 spiro atoms. The molecular formula is C95H98O24. The number of allylic oxidation sites excluding steroid dienone is 1. The second-order valence-electron chi connectivity index (χ2n) is 29.2. The second-order valence-corrected chi connectivity index (χ2v) is 29.2. The van der Waals surface area contributed by atoms with Crippen LogP contribution in [0.15, 0.2) is 286 Å². The van der Waals surface area contributed by atoms with Crippen LogP contribution in [0.2, 0.25) is 0 Å². The van der Waals surface area contributed by atoms with Crippen molar-refractivity contribution in [1.29, 1.82) is 0 Å². The summed E-state index contributed by atoms with van der Waals surface area (Å²) in [6.07, 6.45) is -20.5. The molecule has 5 saturated heterocycles. The lowest BCUT2D eigenvalue weighted by Crippen LogP contribution is -2.47. The van der Waals surface area contributed by atoms with Gasteiger partial charge in [0.05, 0.1) is 92.9 Å². The van der Waals surface area contributed by atoms with E-state index in [4.69, 9.17) is 90.0 Å². The van der Waals surface area contributed by atoms with Gasteiger partial charge in [-0.2, -0.15) is 0 Å². The van der Waals surface area contributed by atoms with E-state index < -0.39 is 159 Å². The van der Waals surface area contributed by atoms with Crippen LogP contribution in [-0.2, 0) is 116 Å². The molecule has 20 atom stereocenters. The Morgan fingerprint density at radius 1 is 0.277 bits per heavy atom. The minimum atomic E-state index is -1.64. The lowest BCUT2D eigenvalue weighted by Gasteiger charge is -2.30. The standard InChI is InChI=1S/C95H98O24/c1-4-7-35-54-101-91-85(118-90(100)70-52-33-16-34-53-70)80(119-95-84(117-89(99)69-50-31-15-32-51-69)79(105-58-65-42-23-11-24-43-65)74(113-95)60-107-93-82(115-87(97)67-46-27-13-28-47-67)77(72(6-3)110-93)103-56-63-38-19-9-20-39-63)75(112-91)61-108-94-83(116-88(98)68-48-29-14-30-49-68)78(104-57-64-40-21-10-22-41-64)73(111-94)59-106-92-81(114-86(96)66-44-25-12-26-45-66)76(71(5-2)109-92)102-55-62-36-17-8-18-37-62/h4,8-34,36-53,71-85,91-95H,1,5-7,35,54-61H2,2-3H3. The number of rotatable bonds is 40. The van der Waals surface area contributed by atoms with Crippen molar-refractivity contribution in [2.45, 2.75) is 189 Å². The summed E-state index contributed by atoms with van der Waals surface area (Å²) in [5.74, 6) is -3.59. The third-order valence-corrected chi connectivity index (χ3v) is 20.9. The molecule has 0 bridgehead atoms. The first-order valence-corrected chi connectivity index (χ1v) is 40.4. The molecule has 0 radical (unpaired) electrons. The molecule has 9 aromatic carbocycles. The first-order valence-electron chi connectivity index (χ1n) is 40.4. The number of hydrogen-bond acceptors (Lipinski definition) is 24. The summed E-state index contributed by atoms with van der Waals surface area (Å²) in [7, 11) is 0. The van der Waals surface area contributed by atoms with Crippen LogP contribution in [0, 0.1) is 0 Å². The molecule has 0 amide bonds. The van der Waals surface area contributed by atoms with Gasteiger partial charge in [-0.25, -0.2) is 24.0 Å². The topological polar surface area (TPSA) is 261 Å². The van der Waals surface area contributed by atoms with Crippen LogP contribution in [0.1, 0.15) is 114 Å². The van der Waals surface area contributed by atoms with Crippen LogP contribution >= 0.6 is 0 Å². The summed E-state index contributed by atoms with van der Waals surface area (Å²) in [4.78, 5) is 72.8. The fraction of sp³-hybridized carbons (Fsp3) is 0.358. The number of esters is 5. The maximum absolute atomic E-state index is 14.9. The highest BCUT2D eigenvalue weighted by atomic mass is 16.8. The lowest BCUT2D eigenvalue weighted by molar-refractivity contribution is -0.237. The monoisotopic (exact) mass is 1620 g/mol. The smallest absolute Gasteiger partial charge is 0.338 e. The Hall–Kier alpha value is -10.5. The van der Waals surface area contributed by atoms with E-state index in [0.717, 1.165) is 22.3 Å². The van der Waals surface area contributed by atoms with Crippen molar-refractivity contribution < 1.29 is 114 Å². The van der Waals surface area contributed by atoms with E-state index in [1.54, 1.807) is 158 Å². The summed E-state index contributed by atoms with van der Waals surface area (Å²) in [6.45, 7) is 6.92. The minimum absolute atomic E-state index is 0.0125. The zero-order valence-electron chi connectivity index (χ0n) is 66.1. The Balaban J connectivity index is 0.811. The predicted octanol–water partition coefficient (Wildman–Crippen LogP) is 14.3. The van der Waals surface area contributed by atoms with Gasteiger partial charge in [0.25, 0.3) is 0 Å². The van der Waals surface area contributed by atoms with Crippen molar-refractivity contribution >= 4 is 29.8 Å². The van der Waals surface area contributed by atoms with Crippen LogP contribution in [0.4, 0.5) is 0 Å². The van der Waals surface area contributed by atoms with Gasteiger partial charge < -0.3 is 90.0 Å². The van der Waals surface area contributed by atoms with Gasteiger partial charge in [0, 0.05) is 0 Å². The van der Waals surface area contributed by atoms with Crippen LogP contribution in [-0.4, -0.2) is 179 Å². The molecule has 24 nitrogen and oxygen atoms in total. The first-order chi connectivity index (χ1) is 58.4. The average Bonchev–Trinajstić information content (AvgIpc) is 1.63. The summed E-state index contributed by atoms with van der Waals surface area (Å²) in [5, 5.41) is 0. The largest absolute Gasteiger partial charge is 0.450 e. The highest BCUT2D eigenvalue weighted by Crippen LogP contribution is 2.41. The normalized spacial score (nSPS) is 27.0. The van der Waals surface area contributed by atoms with Crippen molar-refractivity contribution in [2.24, 2.45) is 0 Å². The van der Waals surface area contributed by atoms with Gasteiger partial charge in [-0.05, 0) is 109 Å². The van der Waals surface area contributed by atoms with E-state index in [-0.39, 0.29) is 68.5 Å². The summed E-state index contributed by atoms with van der Waals surface area (Å²) in [5.41, 5.74) is 4.40. The van der Waals surface area contributed by atoms with Gasteiger partial charge in [0.1, 0.15) is 48.8 Å². The van der Waals surface area contributed by atoms with E-state index >= 15 is 0 Å². The molecule has 5 heterocycles. The molecule has 622 valence electrons. The fourth-order valence-electron chi connectivity index (χ4n) is 14.8. The van der Waals surface area contributed by atoms with Gasteiger partial charge in [-0.1, -0.05) is 232 Å². The van der Waals surface area contributed by atoms with Gasteiger partial charge in [0.2, 0.25) is 0 Å². The summed E-state index contributed by atoms with van der Waals surface area (Å²) >= 11 is 0. The van der Waals surface area contributed by atoms with Crippen molar-refractivity contribution in [3.05, 3.63) is 336 Å². The van der Waals surface area contributed by atoms with Crippen molar-refractivity contribution in [2.75, 3.05) is 26.4 Å². The van der Waals surface area contributed by atoms with Crippen molar-refractivity contribution in [3.8, 4) is 0 Å². The second kappa shape index (κ2) is 43.0. The average molecular weight is 1620 g/mol. The Labute approximate surface area is 691 Å². The highest BCUT2D eigenvalue weighted by molar-refractivity contribution is 5.91. The number of carbonyl (C=O) groups excluding carboxylic acids is 5. The lowest BCUT2D eigenvalue weighted by atomic mass is 10.1. The van der Waals surface area contributed by atoms with E-state index in [1.165, 1.54) is 0 Å². The van der Waals surface area contributed by atoms with Crippen molar-refractivity contribution in [1.82, 2.24) is 0 Å². The van der Waals surface area contributed by atoms with Gasteiger partial charge in [-0.3, -0.25) is 0 Å². The minimum Gasteiger partial charge on any atom is -0.450 e. The fourth-order valence-corrected chi connectivity index (χ4v) is 14.8. The zero-order chi connectivity index (χ0) is 82.1. The molecule has 0 aromatic heterocycles. The molecule has 14 rings (SSSR count). The first kappa shape index (κ1) is 84.9. The van der Waals surface area contributed by atoms with E-state index in [1.807, 2.05) is 135 Å². The molecule has 5 aliphatic rings. The van der Waals surface area contributed by atoms with Gasteiger partial charge in [0.15, 0.2) is 62.0 Å². The predicted molar refractivity (Wildman–Crippen MR) is 430 cm³/mol. The Morgan fingerprint density at radius 3 is 0.782 bits per heavy atom.